The van der Waals surface area contributed by atoms with Gasteiger partial charge in [-0.3, -0.25) is 9.59 Å². The monoisotopic (exact) mass is 331 g/mol. The smallest absolute Gasteiger partial charge is 0.338 e. The molecule has 0 saturated heterocycles. The minimum atomic E-state index is -0.688. The number of Topliss-reactive ketones (excluding diaryl/α,β-unsaturated/α-hetero) is 1. The predicted octanol–water partition coefficient (Wildman–Crippen LogP) is 1.73. The van der Waals surface area contributed by atoms with Gasteiger partial charge in [0.05, 0.1) is 5.56 Å². The van der Waals surface area contributed by atoms with Gasteiger partial charge in [-0.15, -0.1) is 0 Å². The van der Waals surface area contributed by atoms with Crippen molar-refractivity contribution < 1.29 is 28.2 Å². The molecule has 24 heavy (non-hydrogen) atoms. The lowest BCUT2D eigenvalue weighted by Crippen LogP contribution is -2.20. The number of hydrogen-bond donors (Lipinski definition) is 1. The summed E-state index contributed by atoms with van der Waals surface area (Å²) in [6, 6.07) is 10.7. The average molecular weight is 331 g/mol. The number of carbonyl (C=O) groups is 3. The van der Waals surface area contributed by atoms with Crippen LogP contribution < -0.4 is 10.5 Å². The van der Waals surface area contributed by atoms with Gasteiger partial charge in [-0.2, -0.15) is 0 Å². The maximum absolute atomic E-state index is 12.8. The minimum absolute atomic E-state index is 0.216. The summed E-state index contributed by atoms with van der Waals surface area (Å²) >= 11 is 0. The van der Waals surface area contributed by atoms with Crippen molar-refractivity contribution in [3.8, 4) is 5.75 Å². The summed E-state index contributed by atoms with van der Waals surface area (Å²) < 4.78 is 22.8. The molecule has 2 N–H and O–H groups in total. The Morgan fingerprint density at radius 3 is 2.04 bits per heavy atom. The molecule has 2 rings (SSSR count). The van der Waals surface area contributed by atoms with E-state index >= 15 is 0 Å². The second-order valence-electron chi connectivity index (χ2n) is 4.79. The molecule has 0 aromatic heterocycles. The van der Waals surface area contributed by atoms with E-state index in [0.29, 0.717) is 5.75 Å². The van der Waals surface area contributed by atoms with Crippen LogP contribution in [0.25, 0.3) is 0 Å². The molecule has 0 aliphatic heterocycles. The molecule has 0 aliphatic rings. The van der Waals surface area contributed by atoms with E-state index in [2.05, 4.69) is 0 Å². The van der Waals surface area contributed by atoms with Crippen molar-refractivity contribution in [2.24, 2.45) is 5.73 Å². The van der Waals surface area contributed by atoms with Gasteiger partial charge in [-0.05, 0) is 48.5 Å². The van der Waals surface area contributed by atoms with Gasteiger partial charge < -0.3 is 15.2 Å². The number of hydrogen-bond acceptors (Lipinski definition) is 5. The summed E-state index contributed by atoms with van der Waals surface area (Å²) in [4.78, 5) is 34.3. The van der Waals surface area contributed by atoms with Crippen molar-refractivity contribution in [1.82, 2.24) is 0 Å². The predicted molar refractivity (Wildman–Crippen MR) is 82.1 cm³/mol. The van der Waals surface area contributed by atoms with E-state index in [1.54, 1.807) is 0 Å². The summed E-state index contributed by atoms with van der Waals surface area (Å²) in [5.41, 5.74) is 5.42. The molecule has 0 spiro atoms. The number of ether oxygens (including phenoxy) is 2. The van der Waals surface area contributed by atoms with Crippen LogP contribution in [0.5, 0.6) is 5.75 Å². The normalized spacial score (nSPS) is 10.0. The third-order valence-corrected chi connectivity index (χ3v) is 2.97. The van der Waals surface area contributed by atoms with Crippen LogP contribution >= 0.6 is 0 Å². The van der Waals surface area contributed by atoms with E-state index in [0.717, 1.165) is 12.1 Å². The first kappa shape index (κ1) is 17.1. The van der Waals surface area contributed by atoms with Crippen molar-refractivity contribution in [2.75, 3.05) is 13.2 Å². The SMILES string of the molecule is NC(=O)COc1ccc(C(=O)OCC(=O)c2ccc(F)cc2)cc1. The van der Waals surface area contributed by atoms with Crippen LogP contribution in [0.3, 0.4) is 0 Å². The lowest BCUT2D eigenvalue weighted by atomic mass is 10.1. The zero-order chi connectivity index (χ0) is 17.5. The van der Waals surface area contributed by atoms with Crippen molar-refractivity contribution in [1.29, 1.82) is 0 Å². The van der Waals surface area contributed by atoms with E-state index in [1.807, 2.05) is 0 Å². The molecule has 0 fully saturated rings. The summed E-state index contributed by atoms with van der Waals surface area (Å²) in [6.45, 7) is -0.722. The third-order valence-electron chi connectivity index (χ3n) is 2.97. The van der Waals surface area contributed by atoms with E-state index in [1.165, 1.54) is 36.4 Å². The highest BCUT2D eigenvalue weighted by Gasteiger charge is 2.12. The molecular weight excluding hydrogens is 317 g/mol. The Morgan fingerprint density at radius 2 is 1.46 bits per heavy atom. The summed E-state index contributed by atoms with van der Waals surface area (Å²) in [6.07, 6.45) is 0. The number of halogens is 1. The van der Waals surface area contributed by atoms with Gasteiger partial charge in [0.25, 0.3) is 5.91 Å². The fraction of sp³-hybridized carbons (Fsp3) is 0.118. The van der Waals surface area contributed by atoms with Gasteiger partial charge >= 0.3 is 5.97 Å². The van der Waals surface area contributed by atoms with E-state index < -0.39 is 30.1 Å². The first-order valence-electron chi connectivity index (χ1n) is 6.93. The van der Waals surface area contributed by atoms with Gasteiger partial charge in [0, 0.05) is 5.56 Å². The number of ketones is 1. The number of carbonyl (C=O) groups excluding carboxylic acids is 3. The van der Waals surface area contributed by atoms with Gasteiger partial charge in [-0.1, -0.05) is 0 Å². The summed E-state index contributed by atoms with van der Waals surface area (Å²) in [5, 5.41) is 0. The maximum atomic E-state index is 12.8. The Balaban J connectivity index is 1.89. The standard InChI is InChI=1S/C17H14FNO5/c18-13-5-1-11(2-6-13)15(20)9-24-17(22)12-3-7-14(8-4-12)23-10-16(19)21/h1-8H,9-10H2,(H2,19,21). The van der Waals surface area contributed by atoms with Crippen molar-refractivity contribution in [3.05, 3.63) is 65.5 Å². The highest BCUT2D eigenvalue weighted by molar-refractivity contribution is 5.99. The average Bonchev–Trinajstić information content (AvgIpc) is 2.58. The largest absolute Gasteiger partial charge is 0.484 e. The Bertz CT molecular complexity index is 741. The Labute approximate surface area is 137 Å². The van der Waals surface area contributed by atoms with Gasteiger partial charge in [0.15, 0.2) is 19.0 Å². The van der Waals surface area contributed by atoms with E-state index in [9.17, 15) is 18.8 Å². The number of amides is 1. The number of primary amides is 1. The molecule has 0 bridgehead atoms. The molecule has 1 amide bonds. The van der Waals surface area contributed by atoms with Crippen LogP contribution in [-0.2, 0) is 9.53 Å². The number of benzene rings is 2. The van der Waals surface area contributed by atoms with Crippen LogP contribution in [0, 0.1) is 5.82 Å². The molecular formula is C17H14FNO5. The highest BCUT2D eigenvalue weighted by Crippen LogP contribution is 2.13. The summed E-state index contributed by atoms with van der Waals surface area (Å²) in [7, 11) is 0. The topological polar surface area (TPSA) is 95.7 Å². The number of esters is 1. The maximum Gasteiger partial charge on any atom is 0.338 e. The molecule has 6 nitrogen and oxygen atoms in total. The first-order chi connectivity index (χ1) is 11.5. The van der Waals surface area contributed by atoms with Crippen molar-refractivity contribution in [2.45, 2.75) is 0 Å². The second kappa shape index (κ2) is 7.87. The fourth-order valence-corrected chi connectivity index (χ4v) is 1.78. The number of nitrogens with two attached hydrogens (primary N) is 1. The Morgan fingerprint density at radius 1 is 0.875 bits per heavy atom. The van der Waals surface area contributed by atoms with Crippen LogP contribution in [0.15, 0.2) is 48.5 Å². The van der Waals surface area contributed by atoms with Crippen molar-refractivity contribution >= 4 is 17.7 Å². The van der Waals surface area contributed by atoms with Crippen LogP contribution in [0.4, 0.5) is 4.39 Å². The zero-order valence-electron chi connectivity index (χ0n) is 12.5. The molecule has 0 unspecified atom stereocenters. The molecule has 0 heterocycles. The van der Waals surface area contributed by atoms with Crippen LogP contribution in [0.2, 0.25) is 0 Å². The zero-order valence-corrected chi connectivity index (χ0v) is 12.5. The molecule has 124 valence electrons. The Hall–Kier alpha value is -3.22. The van der Waals surface area contributed by atoms with Crippen molar-refractivity contribution in [3.63, 3.8) is 0 Å². The molecule has 0 atom stereocenters. The van der Waals surface area contributed by atoms with Gasteiger partial charge in [0.1, 0.15) is 11.6 Å². The lowest BCUT2D eigenvalue weighted by Gasteiger charge is -2.06. The quantitative estimate of drug-likeness (QED) is 0.616. The third kappa shape index (κ3) is 4.91. The van der Waals surface area contributed by atoms with E-state index in [-0.39, 0.29) is 17.7 Å². The minimum Gasteiger partial charge on any atom is -0.484 e. The Kier molecular flexibility index (Phi) is 5.62. The molecule has 0 saturated carbocycles. The van der Waals surface area contributed by atoms with Crippen LogP contribution in [0.1, 0.15) is 20.7 Å². The number of rotatable bonds is 7. The highest BCUT2D eigenvalue weighted by atomic mass is 19.1. The molecule has 2 aromatic rings. The second-order valence-corrected chi connectivity index (χ2v) is 4.79. The van der Waals surface area contributed by atoms with E-state index in [4.69, 9.17) is 15.2 Å². The molecule has 7 heteroatoms. The van der Waals surface area contributed by atoms with Gasteiger partial charge in [-0.25, -0.2) is 9.18 Å². The fourth-order valence-electron chi connectivity index (χ4n) is 1.78. The lowest BCUT2D eigenvalue weighted by molar-refractivity contribution is -0.119. The first-order valence-corrected chi connectivity index (χ1v) is 6.93. The molecule has 0 aliphatic carbocycles. The van der Waals surface area contributed by atoms with Crippen LogP contribution in [-0.4, -0.2) is 30.9 Å². The molecule has 0 radical (unpaired) electrons. The summed E-state index contributed by atoms with van der Waals surface area (Å²) in [5.74, 6) is -1.83. The van der Waals surface area contributed by atoms with Gasteiger partial charge in [0.2, 0.25) is 0 Å². The molecule has 2 aromatic carbocycles.